The van der Waals surface area contributed by atoms with Gasteiger partial charge in [0.05, 0.1) is 12.7 Å². The van der Waals surface area contributed by atoms with Crippen molar-refractivity contribution in [3.8, 4) is 11.1 Å². The van der Waals surface area contributed by atoms with Gasteiger partial charge in [-0.15, -0.1) is 0 Å². The largest absolute Gasteiger partial charge is 0.464 e. The fraction of sp³-hybridized carbons (Fsp3) is 0.292. The van der Waals surface area contributed by atoms with Gasteiger partial charge in [-0.3, -0.25) is 9.59 Å². The molecule has 0 spiro atoms. The summed E-state index contributed by atoms with van der Waals surface area (Å²) in [4.78, 5) is 36.0. The van der Waals surface area contributed by atoms with E-state index in [0.717, 1.165) is 22.8 Å². The lowest BCUT2D eigenvalue weighted by Gasteiger charge is -2.27. The molecule has 3 aromatic rings. The van der Waals surface area contributed by atoms with Crippen LogP contribution in [0.25, 0.3) is 11.1 Å². The van der Waals surface area contributed by atoms with Gasteiger partial charge < -0.3 is 19.7 Å². The number of amides is 1. The van der Waals surface area contributed by atoms with E-state index in [0.29, 0.717) is 6.42 Å². The smallest absolute Gasteiger partial charge is 0.337 e. The highest BCUT2D eigenvalue weighted by atomic mass is 16.5. The van der Waals surface area contributed by atoms with Crippen molar-refractivity contribution in [2.24, 2.45) is 0 Å². The first kappa shape index (κ1) is 23.0. The minimum atomic E-state index is -1.81. The third-order valence-corrected chi connectivity index (χ3v) is 4.98. The molecule has 0 saturated heterocycles. The average molecular weight is 438 g/mol. The summed E-state index contributed by atoms with van der Waals surface area (Å²) in [6, 6.07) is 18.1. The van der Waals surface area contributed by atoms with E-state index in [-0.39, 0.29) is 18.8 Å². The second-order valence-corrected chi connectivity index (χ2v) is 7.71. The monoisotopic (exact) mass is 438 g/mol. The number of aromatic amines is 1. The van der Waals surface area contributed by atoms with Crippen molar-refractivity contribution in [1.29, 1.82) is 0 Å². The lowest BCUT2D eigenvalue weighted by molar-refractivity contribution is -0.164. The second-order valence-electron chi connectivity index (χ2n) is 7.71. The SMILES string of the molecule is CCOC(=O)C(C)(O)CC(Cc1ccc(-c2ccccc2)cc1)NC(=O)c1cc(=O)[nH]o1. The highest BCUT2D eigenvalue weighted by molar-refractivity contribution is 5.91. The Hall–Kier alpha value is -3.65. The van der Waals surface area contributed by atoms with Crippen LogP contribution in [0.2, 0.25) is 0 Å². The molecule has 1 heterocycles. The molecule has 0 bridgehead atoms. The molecule has 0 saturated carbocycles. The third-order valence-electron chi connectivity index (χ3n) is 4.98. The molecule has 2 atom stereocenters. The van der Waals surface area contributed by atoms with E-state index in [1.54, 1.807) is 6.92 Å². The van der Waals surface area contributed by atoms with E-state index in [9.17, 15) is 19.5 Å². The number of benzene rings is 2. The molecule has 0 radical (unpaired) electrons. The molecule has 0 fully saturated rings. The molecular weight excluding hydrogens is 412 g/mol. The van der Waals surface area contributed by atoms with Crippen LogP contribution in [0.3, 0.4) is 0 Å². The first-order chi connectivity index (χ1) is 15.3. The summed E-state index contributed by atoms with van der Waals surface area (Å²) in [5, 5.41) is 15.4. The van der Waals surface area contributed by atoms with Gasteiger partial charge in [-0.05, 0) is 37.0 Å². The zero-order chi connectivity index (χ0) is 23.1. The standard InChI is InChI=1S/C24H26N2O6/c1-3-31-23(29)24(2,30)15-19(25-22(28)20-14-21(27)26-32-20)13-16-9-11-18(12-10-16)17-7-5-4-6-8-17/h4-12,14,19,30H,3,13,15H2,1-2H3,(H,25,28)(H,26,27). The van der Waals surface area contributed by atoms with Crippen molar-refractivity contribution in [3.05, 3.63) is 82.3 Å². The molecule has 8 nitrogen and oxygen atoms in total. The maximum atomic E-state index is 12.5. The molecule has 2 unspecified atom stereocenters. The highest BCUT2D eigenvalue weighted by Gasteiger charge is 2.35. The van der Waals surface area contributed by atoms with Gasteiger partial charge in [-0.2, -0.15) is 5.16 Å². The summed E-state index contributed by atoms with van der Waals surface area (Å²) >= 11 is 0. The fourth-order valence-corrected chi connectivity index (χ4v) is 3.42. The molecule has 3 rings (SSSR count). The van der Waals surface area contributed by atoms with Crippen LogP contribution < -0.4 is 10.9 Å². The van der Waals surface area contributed by atoms with Crippen LogP contribution >= 0.6 is 0 Å². The van der Waals surface area contributed by atoms with Gasteiger partial charge in [-0.1, -0.05) is 54.6 Å². The van der Waals surface area contributed by atoms with Gasteiger partial charge in [0, 0.05) is 12.5 Å². The summed E-state index contributed by atoms with van der Waals surface area (Å²) in [7, 11) is 0. The molecule has 168 valence electrons. The number of hydrogen-bond donors (Lipinski definition) is 3. The molecule has 8 heteroatoms. The topological polar surface area (TPSA) is 122 Å². The van der Waals surface area contributed by atoms with Crippen molar-refractivity contribution >= 4 is 11.9 Å². The Balaban J connectivity index is 1.78. The van der Waals surface area contributed by atoms with E-state index >= 15 is 0 Å². The Kier molecular flexibility index (Phi) is 7.27. The summed E-state index contributed by atoms with van der Waals surface area (Å²) in [6.45, 7) is 3.12. The average Bonchev–Trinajstić information content (AvgIpc) is 3.21. The summed E-state index contributed by atoms with van der Waals surface area (Å²) in [5.74, 6) is -1.59. The lowest BCUT2D eigenvalue weighted by atomic mass is 9.92. The van der Waals surface area contributed by atoms with Gasteiger partial charge >= 0.3 is 5.97 Å². The highest BCUT2D eigenvalue weighted by Crippen LogP contribution is 2.22. The quantitative estimate of drug-likeness (QED) is 0.442. The molecule has 3 N–H and O–H groups in total. The molecule has 0 aliphatic rings. The number of esters is 1. The summed E-state index contributed by atoms with van der Waals surface area (Å²) in [6.07, 6.45) is 0.248. The first-order valence-electron chi connectivity index (χ1n) is 10.3. The number of carbonyl (C=O) groups is 2. The Morgan fingerprint density at radius 1 is 1.12 bits per heavy atom. The zero-order valence-corrected chi connectivity index (χ0v) is 18.0. The number of hydrogen-bond acceptors (Lipinski definition) is 6. The van der Waals surface area contributed by atoms with Crippen molar-refractivity contribution in [2.75, 3.05) is 6.61 Å². The molecule has 2 aromatic carbocycles. The van der Waals surface area contributed by atoms with Crippen molar-refractivity contribution in [3.63, 3.8) is 0 Å². The number of aromatic nitrogens is 1. The van der Waals surface area contributed by atoms with E-state index in [1.807, 2.05) is 54.6 Å². The van der Waals surface area contributed by atoms with Crippen molar-refractivity contribution in [1.82, 2.24) is 10.5 Å². The van der Waals surface area contributed by atoms with Crippen molar-refractivity contribution in [2.45, 2.75) is 38.3 Å². The zero-order valence-electron chi connectivity index (χ0n) is 18.0. The van der Waals surface area contributed by atoms with Crippen LogP contribution in [0.5, 0.6) is 0 Å². The van der Waals surface area contributed by atoms with Gasteiger partial charge in [-0.25, -0.2) is 4.79 Å². The Morgan fingerprint density at radius 2 is 1.78 bits per heavy atom. The summed E-state index contributed by atoms with van der Waals surface area (Å²) in [5.41, 5.74) is 0.669. The Labute approximate surface area is 185 Å². The Bertz CT molecular complexity index is 1100. The minimum Gasteiger partial charge on any atom is -0.464 e. The maximum Gasteiger partial charge on any atom is 0.337 e. The van der Waals surface area contributed by atoms with Gasteiger partial charge in [0.15, 0.2) is 5.60 Å². The van der Waals surface area contributed by atoms with Gasteiger partial charge in [0.25, 0.3) is 11.5 Å². The molecule has 32 heavy (non-hydrogen) atoms. The van der Waals surface area contributed by atoms with Crippen LogP contribution in [0, 0.1) is 0 Å². The van der Waals surface area contributed by atoms with E-state index in [4.69, 9.17) is 9.26 Å². The fourth-order valence-electron chi connectivity index (χ4n) is 3.42. The van der Waals surface area contributed by atoms with Crippen LogP contribution in [-0.4, -0.2) is 40.4 Å². The van der Waals surface area contributed by atoms with Crippen molar-refractivity contribution < 1.29 is 24.0 Å². The van der Waals surface area contributed by atoms with E-state index in [2.05, 4.69) is 10.5 Å². The minimum absolute atomic E-state index is 0.0906. The maximum absolute atomic E-state index is 12.5. The number of aliphatic hydroxyl groups is 1. The number of carbonyl (C=O) groups excluding carboxylic acids is 2. The number of ether oxygens (including phenoxy) is 1. The van der Waals surface area contributed by atoms with E-state index in [1.165, 1.54) is 6.92 Å². The molecule has 0 aliphatic carbocycles. The molecular formula is C24H26N2O6. The lowest BCUT2D eigenvalue weighted by Crippen LogP contribution is -2.46. The first-order valence-corrected chi connectivity index (χ1v) is 10.3. The number of rotatable bonds is 9. The summed E-state index contributed by atoms with van der Waals surface area (Å²) < 4.78 is 9.80. The van der Waals surface area contributed by atoms with Gasteiger partial charge in [0.2, 0.25) is 5.76 Å². The third kappa shape index (κ3) is 5.95. The normalized spacial score (nSPS) is 13.7. The number of H-pyrrole nitrogens is 1. The van der Waals surface area contributed by atoms with Crippen LogP contribution in [0.4, 0.5) is 0 Å². The predicted molar refractivity (Wildman–Crippen MR) is 118 cm³/mol. The van der Waals surface area contributed by atoms with Gasteiger partial charge in [0.1, 0.15) is 0 Å². The number of nitrogens with one attached hydrogen (secondary N) is 2. The van der Waals surface area contributed by atoms with Crippen LogP contribution in [0.1, 0.15) is 36.4 Å². The van der Waals surface area contributed by atoms with Crippen LogP contribution in [0.15, 0.2) is 70.0 Å². The van der Waals surface area contributed by atoms with E-state index < -0.39 is 29.1 Å². The predicted octanol–water partition coefficient (Wildman–Crippen LogP) is 2.68. The molecule has 1 aromatic heterocycles. The molecule has 1 amide bonds. The Morgan fingerprint density at radius 3 is 2.38 bits per heavy atom. The van der Waals surface area contributed by atoms with Crippen LogP contribution in [-0.2, 0) is 16.0 Å². The molecule has 0 aliphatic heterocycles. The second kappa shape index (κ2) is 10.1.